The van der Waals surface area contributed by atoms with Gasteiger partial charge in [0, 0.05) is 9.75 Å². The van der Waals surface area contributed by atoms with Crippen LogP contribution >= 0.6 is 11.3 Å². The van der Waals surface area contributed by atoms with Gasteiger partial charge in [-0.3, -0.25) is 0 Å². The van der Waals surface area contributed by atoms with Gasteiger partial charge in [-0.1, -0.05) is 5.57 Å². The number of allylic oxidation sites excluding steroid dienone is 1. The highest BCUT2D eigenvalue weighted by Crippen LogP contribution is 2.26. The Kier molecular flexibility index (Phi) is 3.70. The molecule has 1 aromatic rings. The lowest BCUT2D eigenvalue weighted by atomic mass is 10.1. The molecule has 2 heteroatoms. The van der Waals surface area contributed by atoms with Crippen LogP contribution in [0.2, 0.25) is 0 Å². The first kappa shape index (κ1) is 10.5. The maximum absolute atomic E-state index is 9.75. The Morgan fingerprint density at radius 2 is 2.31 bits per heavy atom. The average molecular weight is 196 g/mol. The minimum atomic E-state index is -0.310. The zero-order chi connectivity index (χ0) is 9.84. The van der Waals surface area contributed by atoms with Crippen molar-refractivity contribution < 1.29 is 5.11 Å². The summed E-state index contributed by atoms with van der Waals surface area (Å²) in [5, 5.41) is 9.75. The van der Waals surface area contributed by atoms with E-state index in [-0.39, 0.29) is 6.10 Å². The van der Waals surface area contributed by atoms with Crippen molar-refractivity contribution in [2.75, 3.05) is 0 Å². The van der Waals surface area contributed by atoms with Crippen molar-refractivity contribution in [1.82, 2.24) is 0 Å². The van der Waals surface area contributed by atoms with Crippen LogP contribution in [0, 0.1) is 6.92 Å². The van der Waals surface area contributed by atoms with Crippen LogP contribution in [0.15, 0.2) is 24.3 Å². The van der Waals surface area contributed by atoms with Crippen LogP contribution < -0.4 is 0 Å². The monoisotopic (exact) mass is 196 g/mol. The summed E-state index contributed by atoms with van der Waals surface area (Å²) in [7, 11) is 0. The van der Waals surface area contributed by atoms with Gasteiger partial charge >= 0.3 is 0 Å². The Morgan fingerprint density at radius 3 is 2.77 bits per heavy atom. The quantitative estimate of drug-likeness (QED) is 0.731. The maximum atomic E-state index is 9.75. The Labute approximate surface area is 83.7 Å². The van der Waals surface area contributed by atoms with E-state index in [9.17, 15) is 5.11 Å². The smallest absolute Gasteiger partial charge is 0.0885 e. The van der Waals surface area contributed by atoms with Crippen LogP contribution in [-0.2, 0) is 0 Å². The molecule has 0 aromatic carbocycles. The van der Waals surface area contributed by atoms with Crippen molar-refractivity contribution in [3.05, 3.63) is 34.0 Å². The van der Waals surface area contributed by atoms with Gasteiger partial charge in [-0.15, -0.1) is 17.9 Å². The van der Waals surface area contributed by atoms with Gasteiger partial charge in [0.25, 0.3) is 0 Å². The zero-order valence-electron chi connectivity index (χ0n) is 8.21. The molecule has 1 heterocycles. The molecule has 0 aliphatic carbocycles. The fourth-order valence-electron chi connectivity index (χ4n) is 1.16. The van der Waals surface area contributed by atoms with Gasteiger partial charge < -0.3 is 5.11 Å². The third-order valence-electron chi connectivity index (χ3n) is 1.93. The van der Waals surface area contributed by atoms with Crippen LogP contribution in [0.25, 0.3) is 0 Å². The highest BCUT2D eigenvalue weighted by Gasteiger charge is 2.08. The summed E-state index contributed by atoms with van der Waals surface area (Å²) in [4.78, 5) is 2.32. The first-order chi connectivity index (χ1) is 6.09. The van der Waals surface area contributed by atoms with Gasteiger partial charge in [-0.2, -0.15) is 0 Å². The molecule has 0 saturated heterocycles. The minimum Gasteiger partial charge on any atom is -0.388 e. The fraction of sp³-hybridized carbons (Fsp3) is 0.455. The Balaban J connectivity index is 2.48. The topological polar surface area (TPSA) is 20.2 Å². The lowest BCUT2D eigenvalue weighted by molar-refractivity contribution is 0.171. The van der Waals surface area contributed by atoms with E-state index in [0.717, 1.165) is 23.3 Å². The lowest BCUT2D eigenvalue weighted by Crippen LogP contribution is -1.94. The molecular formula is C11H16OS. The molecule has 0 saturated carbocycles. The molecule has 0 aliphatic heterocycles. The van der Waals surface area contributed by atoms with Gasteiger partial charge in [0.1, 0.15) is 0 Å². The largest absolute Gasteiger partial charge is 0.388 e. The molecule has 1 nitrogen and oxygen atoms in total. The van der Waals surface area contributed by atoms with Gasteiger partial charge in [0.05, 0.1) is 6.10 Å². The summed E-state index contributed by atoms with van der Waals surface area (Å²) < 4.78 is 0. The number of aliphatic hydroxyl groups excluding tert-OH is 1. The maximum Gasteiger partial charge on any atom is 0.0885 e. The second-order valence-corrected chi connectivity index (χ2v) is 4.78. The predicted molar refractivity (Wildman–Crippen MR) is 58.1 cm³/mol. The van der Waals surface area contributed by atoms with Crippen molar-refractivity contribution in [3.63, 3.8) is 0 Å². The van der Waals surface area contributed by atoms with Crippen molar-refractivity contribution >= 4 is 11.3 Å². The molecule has 0 fully saturated rings. The molecule has 1 N–H and O–H groups in total. The summed E-state index contributed by atoms with van der Waals surface area (Å²) in [6, 6.07) is 4.05. The molecule has 1 aromatic heterocycles. The summed E-state index contributed by atoms with van der Waals surface area (Å²) in [6.07, 6.45) is 1.38. The highest BCUT2D eigenvalue weighted by molar-refractivity contribution is 7.11. The van der Waals surface area contributed by atoms with Gasteiger partial charge in [-0.25, -0.2) is 0 Å². The number of aryl methyl sites for hydroxylation is 1. The number of hydrogen-bond acceptors (Lipinski definition) is 2. The lowest BCUT2D eigenvalue weighted by Gasteiger charge is -2.07. The molecule has 0 radical (unpaired) electrons. The van der Waals surface area contributed by atoms with Gasteiger partial charge in [0.15, 0.2) is 0 Å². The number of aliphatic hydroxyl groups is 1. The number of thiophene rings is 1. The van der Waals surface area contributed by atoms with Crippen molar-refractivity contribution in [2.45, 2.75) is 32.8 Å². The first-order valence-corrected chi connectivity index (χ1v) is 5.30. The Bertz CT molecular complexity index is 288. The third-order valence-corrected chi connectivity index (χ3v) is 3.04. The molecule has 0 spiro atoms. The normalized spacial score (nSPS) is 12.8. The van der Waals surface area contributed by atoms with Crippen LogP contribution in [0.4, 0.5) is 0 Å². The zero-order valence-corrected chi connectivity index (χ0v) is 9.03. The van der Waals surface area contributed by atoms with E-state index in [0.29, 0.717) is 0 Å². The summed E-state index contributed by atoms with van der Waals surface area (Å²) >= 11 is 1.67. The first-order valence-electron chi connectivity index (χ1n) is 4.48. The van der Waals surface area contributed by atoms with E-state index in [1.807, 2.05) is 19.1 Å². The molecule has 0 amide bonds. The summed E-state index contributed by atoms with van der Waals surface area (Å²) in [5.41, 5.74) is 1.13. The fourth-order valence-corrected chi connectivity index (χ4v) is 2.06. The summed E-state index contributed by atoms with van der Waals surface area (Å²) in [6.45, 7) is 7.87. The van der Waals surface area contributed by atoms with Crippen molar-refractivity contribution in [1.29, 1.82) is 0 Å². The molecule has 0 bridgehead atoms. The van der Waals surface area contributed by atoms with E-state index in [4.69, 9.17) is 0 Å². The third kappa shape index (κ3) is 3.33. The van der Waals surface area contributed by atoms with Crippen molar-refractivity contribution in [3.8, 4) is 0 Å². The van der Waals surface area contributed by atoms with Gasteiger partial charge in [0.2, 0.25) is 0 Å². The van der Waals surface area contributed by atoms with E-state index in [2.05, 4.69) is 13.5 Å². The molecule has 1 unspecified atom stereocenters. The van der Waals surface area contributed by atoms with Crippen LogP contribution in [0.3, 0.4) is 0 Å². The van der Waals surface area contributed by atoms with Gasteiger partial charge in [-0.05, 0) is 38.8 Å². The molecule has 1 atom stereocenters. The van der Waals surface area contributed by atoms with E-state index in [1.165, 1.54) is 4.88 Å². The second kappa shape index (κ2) is 4.58. The Hall–Kier alpha value is -0.600. The number of rotatable bonds is 4. The summed E-state index contributed by atoms with van der Waals surface area (Å²) in [5.74, 6) is 0. The Morgan fingerprint density at radius 1 is 1.62 bits per heavy atom. The van der Waals surface area contributed by atoms with Crippen LogP contribution in [0.5, 0.6) is 0 Å². The van der Waals surface area contributed by atoms with E-state index >= 15 is 0 Å². The van der Waals surface area contributed by atoms with E-state index in [1.54, 1.807) is 11.3 Å². The predicted octanol–water partition coefficient (Wildman–Crippen LogP) is 3.45. The van der Waals surface area contributed by atoms with E-state index < -0.39 is 0 Å². The van der Waals surface area contributed by atoms with Crippen LogP contribution in [0.1, 0.15) is 35.6 Å². The highest BCUT2D eigenvalue weighted by atomic mass is 32.1. The standard InChI is InChI=1S/C11H16OS/c1-8(2)4-6-10(12)11-7-5-9(3)13-11/h5,7,10,12H,1,4,6H2,2-3H3. The second-order valence-electron chi connectivity index (χ2n) is 3.46. The minimum absolute atomic E-state index is 0.310. The van der Waals surface area contributed by atoms with Crippen LogP contribution in [-0.4, -0.2) is 5.11 Å². The molecular weight excluding hydrogens is 180 g/mol. The molecule has 0 aliphatic rings. The molecule has 13 heavy (non-hydrogen) atoms. The SMILES string of the molecule is C=C(C)CCC(O)c1ccc(C)s1. The molecule has 1 rings (SSSR count). The number of hydrogen-bond donors (Lipinski definition) is 1. The van der Waals surface area contributed by atoms with Crippen molar-refractivity contribution in [2.24, 2.45) is 0 Å². The average Bonchev–Trinajstić information content (AvgIpc) is 2.47. The molecule has 72 valence electrons.